The second-order valence-electron chi connectivity index (χ2n) is 7.43. The van der Waals surface area contributed by atoms with Gasteiger partial charge < -0.3 is 0 Å². The van der Waals surface area contributed by atoms with Crippen LogP contribution in [0.3, 0.4) is 0 Å². The Morgan fingerprint density at radius 1 is 0.880 bits per heavy atom. The quantitative estimate of drug-likeness (QED) is 0.463. The van der Waals surface area contributed by atoms with Gasteiger partial charge in [-0.3, -0.25) is 0 Å². The number of aryl methyl sites for hydroxylation is 1. The molecule has 0 atom stereocenters. The summed E-state index contributed by atoms with van der Waals surface area (Å²) < 4.78 is 1.95. The van der Waals surface area contributed by atoms with E-state index in [2.05, 4.69) is 86.3 Å². The van der Waals surface area contributed by atoms with Crippen molar-refractivity contribution in [3.05, 3.63) is 66.0 Å². The molecular weight excluding hydrogens is 326 g/mol. The molecule has 0 aliphatic carbocycles. The van der Waals surface area contributed by atoms with Crippen LogP contribution in [0.25, 0.3) is 26.7 Å². The van der Waals surface area contributed by atoms with Gasteiger partial charge in [-0.1, -0.05) is 86.2 Å². The summed E-state index contributed by atoms with van der Waals surface area (Å²) in [5.41, 5.74) is 6.24. The molecule has 126 valence electrons. The number of aromatic nitrogens is 3. The highest BCUT2D eigenvalue weighted by Gasteiger charge is 2.19. The van der Waals surface area contributed by atoms with Gasteiger partial charge in [0, 0.05) is 5.56 Å². The van der Waals surface area contributed by atoms with E-state index in [4.69, 9.17) is 0 Å². The van der Waals surface area contributed by atoms with Crippen LogP contribution in [-0.2, 0) is 5.41 Å². The minimum Gasteiger partial charge on any atom is -0.206 e. The second kappa shape index (κ2) is 5.81. The molecule has 4 rings (SSSR count). The first kappa shape index (κ1) is 16.0. The smallest absolute Gasteiger partial charge is 0.206 e. The van der Waals surface area contributed by atoms with Gasteiger partial charge in [0.2, 0.25) is 4.96 Å². The van der Waals surface area contributed by atoms with Crippen molar-refractivity contribution in [3.8, 4) is 21.7 Å². The second-order valence-corrected chi connectivity index (χ2v) is 8.41. The molecule has 0 amide bonds. The fourth-order valence-electron chi connectivity index (χ4n) is 2.97. The van der Waals surface area contributed by atoms with E-state index in [0.717, 1.165) is 16.2 Å². The molecule has 0 aliphatic rings. The minimum absolute atomic E-state index is 0.157. The molecule has 4 aromatic rings. The molecule has 25 heavy (non-hydrogen) atoms. The Balaban J connectivity index is 1.89. The van der Waals surface area contributed by atoms with Gasteiger partial charge in [-0.15, -0.1) is 0 Å². The highest BCUT2D eigenvalue weighted by atomic mass is 32.1. The summed E-state index contributed by atoms with van der Waals surface area (Å²) in [6.45, 7) is 8.82. The number of hydrogen-bond donors (Lipinski definition) is 0. The normalized spacial score (nSPS) is 12.0. The van der Waals surface area contributed by atoms with E-state index in [-0.39, 0.29) is 5.41 Å². The summed E-state index contributed by atoms with van der Waals surface area (Å²) in [4.78, 5) is 6.53. The van der Waals surface area contributed by atoms with E-state index in [1.165, 1.54) is 21.6 Å². The first-order valence-electron chi connectivity index (χ1n) is 8.44. The lowest BCUT2D eigenvalue weighted by Crippen LogP contribution is -2.10. The topological polar surface area (TPSA) is 30.2 Å². The molecule has 2 heterocycles. The van der Waals surface area contributed by atoms with E-state index >= 15 is 0 Å². The maximum Gasteiger partial charge on any atom is 0.213 e. The van der Waals surface area contributed by atoms with Crippen molar-refractivity contribution in [1.29, 1.82) is 0 Å². The molecule has 4 heteroatoms. The number of hydrogen-bond acceptors (Lipinski definition) is 3. The summed E-state index contributed by atoms with van der Waals surface area (Å²) >= 11 is 1.69. The van der Waals surface area contributed by atoms with Crippen molar-refractivity contribution in [2.24, 2.45) is 0 Å². The Labute approximate surface area is 152 Å². The molecule has 3 nitrogen and oxygen atoms in total. The van der Waals surface area contributed by atoms with Crippen molar-refractivity contribution >= 4 is 16.3 Å². The van der Waals surface area contributed by atoms with E-state index < -0.39 is 0 Å². The van der Waals surface area contributed by atoms with Crippen LogP contribution in [0.2, 0.25) is 0 Å². The average molecular weight is 347 g/mol. The molecule has 2 aromatic heterocycles. The number of thiazole rings is 1. The highest BCUT2D eigenvalue weighted by molar-refractivity contribution is 7.20. The number of benzene rings is 2. The highest BCUT2D eigenvalue weighted by Crippen LogP contribution is 2.39. The van der Waals surface area contributed by atoms with E-state index in [1.807, 2.05) is 4.52 Å². The third-order valence-corrected chi connectivity index (χ3v) is 5.57. The molecule has 2 aromatic carbocycles. The van der Waals surface area contributed by atoms with Gasteiger partial charge in [-0.25, -0.2) is 9.50 Å². The molecule has 0 fully saturated rings. The maximum absolute atomic E-state index is 4.44. The van der Waals surface area contributed by atoms with Crippen LogP contribution in [0.4, 0.5) is 0 Å². The summed E-state index contributed by atoms with van der Waals surface area (Å²) in [5, 5.41) is 4.44. The fraction of sp³-hybridized carbons (Fsp3) is 0.238. The van der Waals surface area contributed by atoms with Crippen LogP contribution in [-0.4, -0.2) is 14.6 Å². The minimum atomic E-state index is 0.157. The van der Waals surface area contributed by atoms with Gasteiger partial charge in [0.25, 0.3) is 0 Å². The molecule has 0 N–H and O–H groups in total. The third-order valence-electron chi connectivity index (χ3n) is 4.47. The Bertz CT molecular complexity index is 1020. The molecule has 0 radical (unpaired) electrons. The zero-order valence-corrected chi connectivity index (χ0v) is 15.8. The Kier molecular flexibility index (Phi) is 3.73. The average Bonchev–Trinajstić information content (AvgIpc) is 3.16. The van der Waals surface area contributed by atoms with Crippen molar-refractivity contribution in [1.82, 2.24) is 14.6 Å². The van der Waals surface area contributed by atoms with Crippen LogP contribution in [0.5, 0.6) is 0 Å². The van der Waals surface area contributed by atoms with Crippen LogP contribution >= 0.6 is 11.3 Å². The summed E-state index contributed by atoms with van der Waals surface area (Å²) in [5.74, 6) is 0. The predicted molar refractivity (Wildman–Crippen MR) is 105 cm³/mol. The number of nitrogens with zero attached hydrogens (tertiary/aromatic N) is 3. The Morgan fingerprint density at radius 2 is 1.52 bits per heavy atom. The largest absolute Gasteiger partial charge is 0.213 e. The first-order chi connectivity index (χ1) is 11.9. The lowest BCUT2D eigenvalue weighted by atomic mass is 9.86. The standard InChI is InChI=1S/C21H21N3S/c1-14-5-7-15(8-6-14)18-19(25-20-22-13-23-24(18)20)16-9-11-17(12-10-16)21(2,3)4/h5-13H,1-4H3. The molecule has 0 unspecified atom stereocenters. The fourth-order valence-corrected chi connectivity index (χ4v) is 4.03. The van der Waals surface area contributed by atoms with Gasteiger partial charge in [-0.05, 0) is 23.5 Å². The lowest BCUT2D eigenvalue weighted by Gasteiger charge is -2.19. The number of fused-ring (bicyclic) bond motifs is 1. The van der Waals surface area contributed by atoms with Crippen LogP contribution < -0.4 is 0 Å². The van der Waals surface area contributed by atoms with Gasteiger partial charge in [0.1, 0.15) is 6.33 Å². The SMILES string of the molecule is Cc1ccc(-c2c(-c3ccc(C(C)(C)C)cc3)sc3ncnn23)cc1. The first-order valence-corrected chi connectivity index (χ1v) is 9.25. The predicted octanol–water partition coefficient (Wildman–Crippen LogP) is 5.73. The third kappa shape index (κ3) is 2.87. The van der Waals surface area contributed by atoms with Crippen molar-refractivity contribution in [3.63, 3.8) is 0 Å². The molecule has 0 aliphatic heterocycles. The van der Waals surface area contributed by atoms with E-state index in [1.54, 1.807) is 17.7 Å². The molecular formula is C21H21N3S. The van der Waals surface area contributed by atoms with Crippen molar-refractivity contribution in [2.75, 3.05) is 0 Å². The molecule has 0 bridgehead atoms. The molecule has 0 saturated carbocycles. The maximum atomic E-state index is 4.44. The van der Waals surface area contributed by atoms with Crippen molar-refractivity contribution < 1.29 is 0 Å². The molecule has 0 saturated heterocycles. The Hall–Kier alpha value is -2.46. The van der Waals surface area contributed by atoms with Gasteiger partial charge >= 0.3 is 0 Å². The summed E-state index contributed by atoms with van der Waals surface area (Å²) in [7, 11) is 0. The van der Waals surface area contributed by atoms with Crippen LogP contribution in [0.15, 0.2) is 54.9 Å². The van der Waals surface area contributed by atoms with Crippen LogP contribution in [0, 0.1) is 6.92 Å². The van der Waals surface area contributed by atoms with Gasteiger partial charge in [0.15, 0.2) is 0 Å². The van der Waals surface area contributed by atoms with Gasteiger partial charge in [-0.2, -0.15) is 5.10 Å². The summed E-state index contributed by atoms with van der Waals surface area (Å²) in [6, 6.07) is 17.5. The van der Waals surface area contributed by atoms with Crippen LogP contribution in [0.1, 0.15) is 31.9 Å². The zero-order chi connectivity index (χ0) is 17.6. The van der Waals surface area contributed by atoms with E-state index in [9.17, 15) is 0 Å². The van der Waals surface area contributed by atoms with Gasteiger partial charge in [0.05, 0.1) is 10.6 Å². The van der Waals surface area contributed by atoms with Crippen molar-refractivity contribution in [2.45, 2.75) is 33.1 Å². The zero-order valence-electron chi connectivity index (χ0n) is 14.9. The van der Waals surface area contributed by atoms with E-state index in [0.29, 0.717) is 0 Å². The lowest BCUT2D eigenvalue weighted by molar-refractivity contribution is 0.590. The monoisotopic (exact) mass is 347 g/mol. The number of rotatable bonds is 2. The summed E-state index contributed by atoms with van der Waals surface area (Å²) in [6.07, 6.45) is 1.62. The Morgan fingerprint density at radius 3 is 2.16 bits per heavy atom. The molecule has 0 spiro atoms.